The summed E-state index contributed by atoms with van der Waals surface area (Å²) in [5, 5.41) is 2.08. The van der Waals surface area contributed by atoms with E-state index in [1.54, 1.807) is 0 Å². The summed E-state index contributed by atoms with van der Waals surface area (Å²) in [6.07, 6.45) is 0. The molecule has 9 rings (SSSR count). The number of fused-ring (bicyclic) bond motifs is 3. The Morgan fingerprint density at radius 3 is 1.27 bits per heavy atom. The van der Waals surface area contributed by atoms with Crippen LogP contribution in [-0.2, 0) is 0 Å². The van der Waals surface area contributed by atoms with E-state index in [0.717, 1.165) is 49.8 Å². The van der Waals surface area contributed by atoms with Gasteiger partial charge in [0.1, 0.15) is 11.2 Å². The van der Waals surface area contributed by atoms with Crippen LogP contribution in [0.25, 0.3) is 89.5 Å². The number of nitrogens with zero attached hydrogens (tertiary/aromatic N) is 3. The van der Waals surface area contributed by atoms with Crippen LogP contribution in [0.4, 0.5) is 0 Å². The molecular formula is C45H29N3O. The number of aromatic nitrogens is 3. The molecule has 2 aromatic heterocycles. The molecule has 2 heterocycles. The molecule has 0 saturated carbocycles. The Bertz CT molecular complexity index is 2500. The lowest BCUT2D eigenvalue weighted by molar-refractivity contribution is 0.669. The summed E-state index contributed by atoms with van der Waals surface area (Å²) in [7, 11) is 0. The van der Waals surface area contributed by atoms with Crippen molar-refractivity contribution >= 4 is 21.9 Å². The maximum absolute atomic E-state index is 6.63. The number of furan rings is 1. The minimum atomic E-state index is 0.574. The van der Waals surface area contributed by atoms with E-state index in [0.29, 0.717) is 17.5 Å². The highest BCUT2D eigenvalue weighted by molar-refractivity contribution is 6.10. The molecule has 0 N–H and O–H groups in total. The Labute approximate surface area is 284 Å². The van der Waals surface area contributed by atoms with Crippen LogP contribution in [-0.4, -0.2) is 15.0 Å². The minimum absolute atomic E-state index is 0.574. The van der Waals surface area contributed by atoms with Gasteiger partial charge in [0.25, 0.3) is 0 Å². The average Bonchev–Trinajstić information content (AvgIpc) is 3.57. The predicted molar refractivity (Wildman–Crippen MR) is 200 cm³/mol. The summed E-state index contributed by atoms with van der Waals surface area (Å²) in [6.45, 7) is 0. The van der Waals surface area contributed by atoms with E-state index < -0.39 is 0 Å². The number of hydrogen-bond acceptors (Lipinski definition) is 4. The van der Waals surface area contributed by atoms with Crippen molar-refractivity contribution in [3.63, 3.8) is 0 Å². The molecule has 0 bridgehead atoms. The maximum atomic E-state index is 6.63. The molecule has 230 valence electrons. The first-order valence-corrected chi connectivity index (χ1v) is 16.4. The summed E-state index contributed by atoms with van der Waals surface area (Å²) in [6, 6.07) is 60.6. The van der Waals surface area contributed by atoms with E-state index >= 15 is 0 Å². The Hall–Kier alpha value is -6.65. The van der Waals surface area contributed by atoms with E-state index in [9.17, 15) is 0 Å². The summed E-state index contributed by atoms with van der Waals surface area (Å²) in [5.74, 6) is 1.82. The van der Waals surface area contributed by atoms with Gasteiger partial charge in [-0.1, -0.05) is 158 Å². The second kappa shape index (κ2) is 12.2. The number of rotatable bonds is 6. The van der Waals surface area contributed by atoms with Gasteiger partial charge in [0.15, 0.2) is 17.5 Å². The van der Waals surface area contributed by atoms with Gasteiger partial charge in [-0.15, -0.1) is 0 Å². The summed E-state index contributed by atoms with van der Waals surface area (Å²) < 4.78 is 6.63. The van der Waals surface area contributed by atoms with Crippen molar-refractivity contribution in [2.75, 3.05) is 0 Å². The minimum Gasteiger partial charge on any atom is -0.455 e. The molecule has 7 aromatic carbocycles. The molecule has 49 heavy (non-hydrogen) atoms. The third kappa shape index (κ3) is 5.45. The second-order valence-corrected chi connectivity index (χ2v) is 12.1. The van der Waals surface area contributed by atoms with Crippen molar-refractivity contribution in [1.29, 1.82) is 0 Å². The van der Waals surface area contributed by atoms with Gasteiger partial charge in [0.05, 0.1) is 5.56 Å². The van der Waals surface area contributed by atoms with Gasteiger partial charge in [-0.2, -0.15) is 0 Å². The highest BCUT2D eigenvalue weighted by Gasteiger charge is 2.18. The Morgan fingerprint density at radius 2 is 0.735 bits per heavy atom. The third-order valence-electron chi connectivity index (χ3n) is 8.98. The number of hydrogen-bond donors (Lipinski definition) is 0. The lowest BCUT2D eigenvalue weighted by Gasteiger charge is -2.08. The SMILES string of the molecule is c1ccc(-c2ccc(-c3ccc(-c4ccc5c(c4)oc4c(-c6nc(-c7ccccc7)nc(-c7ccccc7)n6)cccc45)cc3)cc2)cc1. The zero-order valence-corrected chi connectivity index (χ0v) is 26.5. The van der Waals surface area contributed by atoms with Gasteiger partial charge in [-0.3, -0.25) is 0 Å². The zero-order valence-electron chi connectivity index (χ0n) is 26.5. The van der Waals surface area contributed by atoms with Crippen LogP contribution >= 0.6 is 0 Å². The van der Waals surface area contributed by atoms with Crippen molar-refractivity contribution in [3.05, 3.63) is 176 Å². The van der Waals surface area contributed by atoms with Gasteiger partial charge in [0, 0.05) is 21.9 Å². The highest BCUT2D eigenvalue weighted by Crippen LogP contribution is 2.38. The third-order valence-corrected chi connectivity index (χ3v) is 8.98. The van der Waals surface area contributed by atoms with Crippen molar-refractivity contribution in [1.82, 2.24) is 15.0 Å². The average molecular weight is 628 g/mol. The molecule has 0 aliphatic rings. The second-order valence-electron chi connectivity index (χ2n) is 12.1. The van der Waals surface area contributed by atoms with Gasteiger partial charge >= 0.3 is 0 Å². The first kappa shape index (κ1) is 28.6. The van der Waals surface area contributed by atoms with E-state index in [1.807, 2.05) is 78.9 Å². The lowest BCUT2D eigenvalue weighted by Crippen LogP contribution is -2.00. The lowest BCUT2D eigenvalue weighted by atomic mass is 9.97. The van der Waals surface area contributed by atoms with Crippen LogP contribution in [0.5, 0.6) is 0 Å². The largest absolute Gasteiger partial charge is 0.455 e. The molecule has 0 fully saturated rings. The topological polar surface area (TPSA) is 51.8 Å². The molecule has 9 aromatic rings. The first-order chi connectivity index (χ1) is 24.3. The van der Waals surface area contributed by atoms with Gasteiger partial charge in [-0.25, -0.2) is 15.0 Å². The van der Waals surface area contributed by atoms with Gasteiger partial charge < -0.3 is 4.42 Å². The van der Waals surface area contributed by atoms with Crippen molar-refractivity contribution in [3.8, 4) is 67.5 Å². The molecule has 0 radical (unpaired) electrons. The van der Waals surface area contributed by atoms with Crippen LogP contribution in [0, 0.1) is 0 Å². The predicted octanol–water partition coefficient (Wildman–Crippen LogP) is 11.8. The van der Waals surface area contributed by atoms with E-state index in [2.05, 4.69) is 97.1 Å². The van der Waals surface area contributed by atoms with Crippen LogP contribution in [0.2, 0.25) is 0 Å². The Balaban J connectivity index is 1.08. The molecule has 0 spiro atoms. The van der Waals surface area contributed by atoms with Gasteiger partial charge in [-0.05, 0) is 51.6 Å². The molecule has 4 heteroatoms. The fourth-order valence-corrected chi connectivity index (χ4v) is 6.42. The molecule has 0 unspecified atom stereocenters. The summed E-state index contributed by atoms with van der Waals surface area (Å²) in [5.41, 5.74) is 11.3. The van der Waals surface area contributed by atoms with Crippen LogP contribution in [0.15, 0.2) is 180 Å². The fraction of sp³-hybridized carbons (Fsp3) is 0. The molecule has 4 nitrogen and oxygen atoms in total. The van der Waals surface area contributed by atoms with Crippen LogP contribution < -0.4 is 0 Å². The number of benzene rings is 7. The monoisotopic (exact) mass is 627 g/mol. The number of para-hydroxylation sites is 1. The Morgan fingerprint density at radius 1 is 0.306 bits per heavy atom. The summed E-state index contributed by atoms with van der Waals surface area (Å²) >= 11 is 0. The highest BCUT2D eigenvalue weighted by atomic mass is 16.3. The molecule has 0 aliphatic heterocycles. The molecule has 0 aliphatic carbocycles. The van der Waals surface area contributed by atoms with Gasteiger partial charge in [0.2, 0.25) is 0 Å². The normalized spacial score (nSPS) is 11.3. The van der Waals surface area contributed by atoms with Crippen LogP contribution in [0.1, 0.15) is 0 Å². The smallest absolute Gasteiger partial charge is 0.167 e. The van der Waals surface area contributed by atoms with Crippen molar-refractivity contribution in [2.45, 2.75) is 0 Å². The standard InChI is InChI=1S/C45H29N3O/c1-4-11-30(12-5-1)31-19-21-32(22-20-31)33-23-25-34(26-24-33)37-27-28-38-39-17-10-18-40(42(39)49-41(38)29-37)45-47-43(35-13-6-2-7-14-35)46-44(48-45)36-15-8-3-9-16-36/h1-29H. The van der Waals surface area contributed by atoms with Crippen LogP contribution in [0.3, 0.4) is 0 Å². The molecular weight excluding hydrogens is 599 g/mol. The quantitative estimate of drug-likeness (QED) is 0.184. The maximum Gasteiger partial charge on any atom is 0.167 e. The molecule has 0 amide bonds. The van der Waals surface area contributed by atoms with E-state index in [-0.39, 0.29) is 0 Å². The van der Waals surface area contributed by atoms with E-state index in [4.69, 9.17) is 19.4 Å². The molecule has 0 atom stereocenters. The molecule has 0 saturated heterocycles. The Kier molecular flexibility index (Phi) is 7.10. The first-order valence-electron chi connectivity index (χ1n) is 16.4. The zero-order chi connectivity index (χ0) is 32.6. The van der Waals surface area contributed by atoms with E-state index in [1.165, 1.54) is 22.3 Å². The van der Waals surface area contributed by atoms with Crippen molar-refractivity contribution < 1.29 is 4.42 Å². The van der Waals surface area contributed by atoms with Crippen molar-refractivity contribution in [2.24, 2.45) is 0 Å². The fourth-order valence-electron chi connectivity index (χ4n) is 6.42. The summed E-state index contributed by atoms with van der Waals surface area (Å²) in [4.78, 5) is 14.8.